The molecular weight excluding hydrogens is 418 g/mol. The van der Waals surface area contributed by atoms with Crippen molar-refractivity contribution in [3.63, 3.8) is 0 Å². The van der Waals surface area contributed by atoms with Gasteiger partial charge in [0, 0.05) is 11.2 Å². The summed E-state index contributed by atoms with van der Waals surface area (Å²) in [6, 6.07) is 12.0. The van der Waals surface area contributed by atoms with E-state index >= 15 is 0 Å². The van der Waals surface area contributed by atoms with E-state index in [2.05, 4.69) is 10.4 Å². The number of hydrogen-bond acceptors (Lipinski definition) is 6. The van der Waals surface area contributed by atoms with Gasteiger partial charge in [0.25, 0.3) is 5.91 Å². The number of hydrogen-bond donors (Lipinski definition) is 2. The molecule has 0 aliphatic heterocycles. The van der Waals surface area contributed by atoms with Gasteiger partial charge in [-0.1, -0.05) is 18.5 Å². The summed E-state index contributed by atoms with van der Waals surface area (Å²) < 4.78 is 31.0. The second-order valence-electron chi connectivity index (χ2n) is 6.00. The molecule has 1 amide bonds. The van der Waals surface area contributed by atoms with Crippen LogP contribution in [0.25, 0.3) is 0 Å². The summed E-state index contributed by atoms with van der Waals surface area (Å²) in [6.07, 6.45) is 1.56. The number of carbonyl (C=O) groups is 1. The van der Waals surface area contributed by atoms with Gasteiger partial charge in [0.1, 0.15) is 11.5 Å². The van der Waals surface area contributed by atoms with Crippen LogP contribution in [-0.2, 0) is 16.6 Å². The van der Waals surface area contributed by atoms with Gasteiger partial charge in [-0.3, -0.25) is 4.79 Å². The Morgan fingerprint density at radius 3 is 2.62 bits per heavy atom. The number of nitrogens with one attached hydrogen (secondary N) is 1. The number of halogens is 1. The normalized spacial score (nSPS) is 11.2. The van der Waals surface area contributed by atoms with Gasteiger partial charge < -0.3 is 15.2 Å². The van der Waals surface area contributed by atoms with Crippen LogP contribution in [0.4, 0.5) is 5.69 Å². The Labute approximate surface area is 172 Å². The summed E-state index contributed by atoms with van der Waals surface area (Å²) in [5.74, 6) is -0.353. The van der Waals surface area contributed by atoms with Crippen LogP contribution in [0.2, 0.25) is 5.02 Å². The van der Waals surface area contributed by atoms with Crippen molar-refractivity contribution in [3.05, 3.63) is 65.4 Å². The van der Waals surface area contributed by atoms with Crippen molar-refractivity contribution < 1.29 is 23.1 Å². The molecule has 0 atom stereocenters. The van der Waals surface area contributed by atoms with Gasteiger partial charge in [-0.15, -0.1) is 0 Å². The second kappa shape index (κ2) is 8.54. The fourth-order valence-electron chi connectivity index (χ4n) is 2.39. The molecule has 0 radical (unpaired) electrons. The Morgan fingerprint density at radius 2 is 1.93 bits per heavy atom. The monoisotopic (exact) mass is 435 g/mol. The molecule has 8 nitrogen and oxygen atoms in total. The number of aromatic hydroxyl groups is 1. The average Bonchev–Trinajstić information content (AvgIpc) is 3.18. The van der Waals surface area contributed by atoms with Crippen LogP contribution >= 0.6 is 11.6 Å². The van der Waals surface area contributed by atoms with Crippen LogP contribution in [0, 0.1) is 0 Å². The average molecular weight is 436 g/mol. The van der Waals surface area contributed by atoms with Crippen LogP contribution in [0.5, 0.6) is 11.5 Å². The SMILES string of the molecule is CCS(=O)(=O)c1ccc(O)c(NC(=O)c2ccn(COc3ccc(Cl)cc3)n2)c1. The quantitative estimate of drug-likeness (QED) is 0.551. The van der Waals surface area contributed by atoms with Crippen molar-refractivity contribution in [2.24, 2.45) is 0 Å². The maximum Gasteiger partial charge on any atom is 0.276 e. The lowest BCUT2D eigenvalue weighted by Crippen LogP contribution is -2.15. The minimum atomic E-state index is -3.48. The summed E-state index contributed by atoms with van der Waals surface area (Å²) >= 11 is 5.82. The highest BCUT2D eigenvalue weighted by Crippen LogP contribution is 2.27. The lowest BCUT2D eigenvalue weighted by Gasteiger charge is -2.09. The number of rotatable bonds is 7. The van der Waals surface area contributed by atoms with Crippen LogP contribution in [-0.4, -0.2) is 35.0 Å². The van der Waals surface area contributed by atoms with Crippen molar-refractivity contribution >= 4 is 33.0 Å². The molecule has 0 spiro atoms. The number of amides is 1. The van der Waals surface area contributed by atoms with E-state index in [1.54, 1.807) is 30.5 Å². The third kappa shape index (κ3) is 5.07. The standard InChI is InChI=1S/C19H18ClN3O5S/c1-2-29(26,27)15-7-8-18(24)17(11-15)21-19(25)16-9-10-23(22-16)12-28-14-5-3-13(20)4-6-14/h3-11,24H,2,12H2,1H3,(H,21,25). The summed E-state index contributed by atoms with van der Waals surface area (Å²) in [5, 5.41) is 17.1. The first-order chi connectivity index (χ1) is 13.8. The summed E-state index contributed by atoms with van der Waals surface area (Å²) in [4.78, 5) is 12.4. The van der Waals surface area contributed by atoms with Crippen molar-refractivity contribution in [2.75, 3.05) is 11.1 Å². The minimum Gasteiger partial charge on any atom is -0.506 e. The number of phenolic OH excluding ortho intramolecular Hbond substituents is 1. The molecule has 1 heterocycles. The van der Waals surface area contributed by atoms with Crippen LogP contribution in [0.15, 0.2) is 59.6 Å². The molecular formula is C19H18ClN3O5S. The molecule has 2 aromatic carbocycles. The second-order valence-corrected chi connectivity index (χ2v) is 8.72. The molecule has 3 aromatic rings. The Hall–Kier alpha value is -3.04. The van der Waals surface area contributed by atoms with E-state index in [0.29, 0.717) is 10.8 Å². The maximum atomic E-state index is 12.4. The first-order valence-corrected chi connectivity index (χ1v) is 10.6. The van der Waals surface area contributed by atoms with Crippen LogP contribution in [0.3, 0.4) is 0 Å². The van der Waals surface area contributed by atoms with Crippen LogP contribution < -0.4 is 10.1 Å². The summed E-state index contributed by atoms with van der Waals surface area (Å²) in [7, 11) is -3.48. The number of ether oxygens (including phenoxy) is 1. The zero-order valence-corrected chi connectivity index (χ0v) is 16.9. The molecule has 0 fully saturated rings. The van der Waals surface area contributed by atoms with Gasteiger partial charge in [-0.25, -0.2) is 13.1 Å². The van der Waals surface area contributed by atoms with E-state index in [4.69, 9.17) is 16.3 Å². The molecule has 0 aliphatic carbocycles. The fourth-order valence-corrected chi connectivity index (χ4v) is 3.42. The van der Waals surface area contributed by atoms with Gasteiger partial charge in [0.15, 0.2) is 22.3 Å². The summed E-state index contributed by atoms with van der Waals surface area (Å²) in [5.41, 5.74) is 0.0596. The lowest BCUT2D eigenvalue weighted by atomic mass is 10.3. The molecule has 2 N–H and O–H groups in total. The first-order valence-electron chi connectivity index (χ1n) is 8.57. The molecule has 1 aromatic heterocycles. The van der Waals surface area contributed by atoms with Crippen LogP contribution in [0.1, 0.15) is 17.4 Å². The number of sulfone groups is 1. The van der Waals surface area contributed by atoms with E-state index in [1.165, 1.54) is 35.9 Å². The highest BCUT2D eigenvalue weighted by Gasteiger charge is 2.17. The van der Waals surface area contributed by atoms with Gasteiger partial charge in [-0.05, 0) is 48.5 Å². The molecule has 3 rings (SSSR count). The Bertz CT molecular complexity index is 1130. The zero-order chi connectivity index (χ0) is 21.0. The Kier molecular flexibility index (Phi) is 6.09. The van der Waals surface area contributed by atoms with E-state index in [1.807, 2.05) is 0 Å². The van der Waals surface area contributed by atoms with Gasteiger partial charge >= 0.3 is 0 Å². The highest BCUT2D eigenvalue weighted by molar-refractivity contribution is 7.91. The van der Waals surface area contributed by atoms with Gasteiger partial charge in [0.2, 0.25) is 0 Å². The summed E-state index contributed by atoms with van der Waals surface area (Å²) in [6.45, 7) is 1.59. The van der Waals surface area contributed by atoms with Gasteiger partial charge in [0.05, 0.1) is 16.3 Å². The third-order valence-corrected chi connectivity index (χ3v) is 5.99. The predicted molar refractivity (Wildman–Crippen MR) is 108 cm³/mol. The number of nitrogens with zero attached hydrogens (tertiary/aromatic N) is 2. The lowest BCUT2D eigenvalue weighted by molar-refractivity contribution is 0.101. The Morgan fingerprint density at radius 1 is 1.21 bits per heavy atom. The van der Waals surface area contributed by atoms with E-state index < -0.39 is 15.7 Å². The fraction of sp³-hybridized carbons (Fsp3) is 0.158. The molecule has 0 unspecified atom stereocenters. The smallest absolute Gasteiger partial charge is 0.276 e. The number of carbonyl (C=O) groups excluding carboxylic acids is 1. The molecule has 0 aliphatic rings. The number of phenols is 1. The number of aromatic nitrogens is 2. The molecule has 29 heavy (non-hydrogen) atoms. The van der Waals surface area contributed by atoms with Gasteiger partial charge in [-0.2, -0.15) is 5.10 Å². The molecule has 0 bridgehead atoms. The molecule has 10 heteroatoms. The molecule has 152 valence electrons. The number of anilines is 1. The Balaban J connectivity index is 1.69. The number of benzene rings is 2. The predicted octanol–water partition coefficient (Wildman–Crippen LogP) is 3.32. The van der Waals surface area contributed by atoms with E-state index in [9.17, 15) is 18.3 Å². The maximum absolute atomic E-state index is 12.4. The topological polar surface area (TPSA) is 111 Å². The molecule has 0 saturated heterocycles. The first kappa shape index (κ1) is 20.7. The van der Waals surface area contributed by atoms with Crippen molar-refractivity contribution in [3.8, 4) is 11.5 Å². The van der Waals surface area contributed by atoms with E-state index in [0.717, 1.165) is 0 Å². The largest absolute Gasteiger partial charge is 0.506 e. The highest BCUT2D eigenvalue weighted by atomic mass is 35.5. The minimum absolute atomic E-state index is 0.00925. The van der Waals surface area contributed by atoms with Crippen molar-refractivity contribution in [2.45, 2.75) is 18.6 Å². The van der Waals surface area contributed by atoms with Crippen molar-refractivity contribution in [1.29, 1.82) is 0 Å². The molecule has 0 saturated carbocycles. The van der Waals surface area contributed by atoms with E-state index in [-0.39, 0.29) is 34.5 Å². The zero-order valence-electron chi connectivity index (χ0n) is 15.4. The third-order valence-electron chi connectivity index (χ3n) is 4.01. The van der Waals surface area contributed by atoms with Crippen molar-refractivity contribution in [1.82, 2.24) is 9.78 Å².